The zero-order valence-corrected chi connectivity index (χ0v) is 15.3. The molecule has 26 heavy (non-hydrogen) atoms. The maximum atomic E-state index is 8.52. The molecule has 0 radical (unpaired) electrons. The van der Waals surface area contributed by atoms with Gasteiger partial charge in [0.2, 0.25) is 0 Å². The third-order valence-corrected chi connectivity index (χ3v) is 4.26. The highest BCUT2D eigenvalue weighted by molar-refractivity contribution is 5.51. The molecule has 3 rings (SSSR count). The molecule has 0 unspecified atom stereocenters. The van der Waals surface area contributed by atoms with Crippen LogP contribution in [0.3, 0.4) is 0 Å². The van der Waals surface area contributed by atoms with Crippen LogP contribution in [0.25, 0.3) is 16.1 Å². The third kappa shape index (κ3) is 4.74. The standard InChI is InChI=1S/C18H25N5O3/c1-3-25-17(26-4-2)12-24-11-15-7-14(13-5-6-13)9-23-10-16(8-20-22-19)21-18(15)23/h7,9-10,13,17H,3-6,8,11-12H2,1-2H3. The highest BCUT2D eigenvalue weighted by atomic mass is 16.7. The molecule has 2 heterocycles. The van der Waals surface area contributed by atoms with E-state index in [1.54, 1.807) is 0 Å². The number of hydrogen-bond acceptors (Lipinski definition) is 5. The molecule has 0 amide bonds. The predicted molar refractivity (Wildman–Crippen MR) is 96.7 cm³/mol. The molecule has 2 aromatic heterocycles. The average Bonchev–Trinajstić information content (AvgIpc) is 3.40. The summed E-state index contributed by atoms with van der Waals surface area (Å²) < 4.78 is 18.9. The van der Waals surface area contributed by atoms with Crippen LogP contribution in [-0.2, 0) is 27.4 Å². The maximum Gasteiger partial charge on any atom is 0.180 e. The summed E-state index contributed by atoms with van der Waals surface area (Å²) in [6.07, 6.45) is 6.13. The van der Waals surface area contributed by atoms with Gasteiger partial charge >= 0.3 is 0 Å². The molecule has 1 saturated carbocycles. The summed E-state index contributed by atoms with van der Waals surface area (Å²) in [5, 5.41) is 3.60. The Morgan fingerprint density at radius 3 is 2.73 bits per heavy atom. The first-order valence-corrected chi connectivity index (χ1v) is 9.07. The summed E-state index contributed by atoms with van der Waals surface area (Å²) in [5.74, 6) is 0.626. The van der Waals surface area contributed by atoms with E-state index in [2.05, 4.69) is 27.3 Å². The summed E-state index contributed by atoms with van der Waals surface area (Å²) in [5.41, 5.74) is 12.4. The number of rotatable bonds is 11. The molecule has 140 valence electrons. The van der Waals surface area contributed by atoms with Gasteiger partial charge in [-0.2, -0.15) is 0 Å². The van der Waals surface area contributed by atoms with Gasteiger partial charge in [-0.3, -0.25) is 0 Å². The minimum absolute atomic E-state index is 0.244. The quantitative estimate of drug-likeness (QED) is 0.263. The van der Waals surface area contributed by atoms with Gasteiger partial charge < -0.3 is 18.6 Å². The largest absolute Gasteiger partial charge is 0.371 e. The first-order chi connectivity index (χ1) is 12.7. The topological polar surface area (TPSA) is 93.8 Å². The Morgan fingerprint density at radius 1 is 1.31 bits per heavy atom. The lowest BCUT2D eigenvalue weighted by atomic mass is 10.1. The van der Waals surface area contributed by atoms with E-state index in [4.69, 9.17) is 19.7 Å². The van der Waals surface area contributed by atoms with Crippen molar-refractivity contribution in [1.82, 2.24) is 9.38 Å². The van der Waals surface area contributed by atoms with Crippen molar-refractivity contribution in [3.8, 4) is 0 Å². The van der Waals surface area contributed by atoms with Crippen molar-refractivity contribution in [1.29, 1.82) is 0 Å². The molecular formula is C18H25N5O3. The minimum Gasteiger partial charge on any atom is -0.371 e. The van der Waals surface area contributed by atoms with Crippen LogP contribution >= 0.6 is 0 Å². The lowest BCUT2D eigenvalue weighted by Gasteiger charge is -2.17. The number of aromatic nitrogens is 2. The van der Waals surface area contributed by atoms with Crippen LogP contribution in [0.5, 0.6) is 0 Å². The Morgan fingerprint density at radius 2 is 2.08 bits per heavy atom. The highest BCUT2D eigenvalue weighted by Crippen LogP contribution is 2.40. The van der Waals surface area contributed by atoms with Gasteiger partial charge in [0.1, 0.15) is 5.65 Å². The van der Waals surface area contributed by atoms with E-state index in [1.807, 2.05) is 24.4 Å². The van der Waals surface area contributed by atoms with Crippen molar-refractivity contribution >= 4 is 5.65 Å². The van der Waals surface area contributed by atoms with Crippen LogP contribution < -0.4 is 0 Å². The minimum atomic E-state index is -0.354. The van der Waals surface area contributed by atoms with Gasteiger partial charge in [0.05, 0.1) is 25.5 Å². The second-order valence-electron chi connectivity index (χ2n) is 6.28. The number of azide groups is 1. The van der Waals surface area contributed by atoms with Gasteiger partial charge in [0.15, 0.2) is 6.29 Å². The Bertz CT molecular complexity index is 774. The predicted octanol–water partition coefficient (Wildman–Crippen LogP) is 3.94. The number of ether oxygens (including phenoxy) is 3. The van der Waals surface area contributed by atoms with Gasteiger partial charge in [-0.15, -0.1) is 0 Å². The lowest BCUT2D eigenvalue weighted by molar-refractivity contribution is -0.169. The summed E-state index contributed by atoms with van der Waals surface area (Å²) in [6.45, 7) is 6.08. The zero-order chi connectivity index (χ0) is 18.4. The molecule has 2 aromatic rings. The molecule has 0 spiro atoms. The van der Waals surface area contributed by atoms with Crippen molar-refractivity contribution < 1.29 is 14.2 Å². The summed E-state index contributed by atoms with van der Waals surface area (Å²) in [6, 6.07) is 2.17. The number of pyridine rings is 1. The van der Waals surface area contributed by atoms with E-state index in [0.29, 0.717) is 32.3 Å². The van der Waals surface area contributed by atoms with Crippen molar-refractivity contribution in [3.63, 3.8) is 0 Å². The molecule has 8 nitrogen and oxygen atoms in total. The molecule has 0 saturated heterocycles. The molecule has 0 N–H and O–H groups in total. The fourth-order valence-electron chi connectivity index (χ4n) is 2.95. The van der Waals surface area contributed by atoms with Crippen molar-refractivity contribution in [2.75, 3.05) is 19.8 Å². The van der Waals surface area contributed by atoms with Crippen molar-refractivity contribution in [3.05, 3.63) is 45.7 Å². The molecule has 0 bridgehead atoms. The summed E-state index contributed by atoms with van der Waals surface area (Å²) in [7, 11) is 0. The molecule has 0 atom stereocenters. The van der Waals surface area contributed by atoms with Crippen LogP contribution in [0, 0.1) is 0 Å². The smallest absolute Gasteiger partial charge is 0.180 e. The number of nitrogens with zero attached hydrogens (tertiary/aromatic N) is 5. The van der Waals surface area contributed by atoms with Gasteiger partial charge in [-0.05, 0) is 49.8 Å². The fourth-order valence-corrected chi connectivity index (χ4v) is 2.95. The second-order valence-corrected chi connectivity index (χ2v) is 6.28. The maximum absolute atomic E-state index is 8.52. The number of fused-ring (bicyclic) bond motifs is 1. The van der Waals surface area contributed by atoms with E-state index in [0.717, 1.165) is 16.9 Å². The number of imidazole rings is 1. The molecule has 1 aliphatic rings. The first-order valence-electron chi connectivity index (χ1n) is 9.07. The van der Waals surface area contributed by atoms with Gasteiger partial charge in [0.25, 0.3) is 0 Å². The van der Waals surface area contributed by atoms with Crippen molar-refractivity contribution in [2.24, 2.45) is 5.11 Å². The van der Waals surface area contributed by atoms with Crippen LogP contribution in [0.1, 0.15) is 49.4 Å². The van der Waals surface area contributed by atoms with Crippen LogP contribution in [-0.4, -0.2) is 35.5 Å². The van der Waals surface area contributed by atoms with Crippen molar-refractivity contribution in [2.45, 2.75) is 52.0 Å². The monoisotopic (exact) mass is 359 g/mol. The second kappa shape index (κ2) is 9.00. The Hall–Kier alpha value is -2.12. The van der Waals surface area contributed by atoms with Crippen LogP contribution in [0.2, 0.25) is 0 Å². The van der Waals surface area contributed by atoms with Gasteiger partial charge in [-0.1, -0.05) is 5.11 Å². The molecule has 8 heteroatoms. The normalized spacial score (nSPS) is 14.1. The Balaban J connectivity index is 1.76. The van der Waals surface area contributed by atoms with Crippen LogP contribution in [0.4, 0.5) is 0 Å². The van der Waals surface area contributed by atoms with E-state index in [-0.39, 0.29) is 12.8 Å². The SMILES string of the molecule is CCOC(COCc1cc(C2CC2)cn2cc(CN=[N+]=[N-])nc12)OCC. The van der Waals surface area contributed by atoms with E-state index in [1.165, 1.54) is 18.4 Å². The Labute approximate surface area is 152 Å². The zero-order valence-electron chi connectivity index (χ0n) is 15.3. The molecular weight excluding hydrogens is 334 g/mol. The molecule has 1 aliphatic carbocycles. The lowest BCUT2D eigenvalue weighted by Crippen LogP contribution is -2.23. The van der Waals surface area contributed by atoms with E-state index in [9.17, 15) is 0 Å². The Kier molecular flexibility index (Phi) is 6.46. The third-order valence-electron chi connectivity index (χ3n) is 4.26. The average molecular weight is 359 g/mol. The number of hydrogen-bond donors (Lipinski definition) is 0. The molecule has 1 fully saturated rings. The molecule has 0 aliphatic heterocycles. The summed E-state index contributed by atoms with van der Waals surface area (Å²) in [4.78, 5) is 7.40. The summed E-state index contributed by atoms with van der Waals surface area (Å²) >= 11 is 0. The van der Waals surface area contributed by atoms with E-state index >= 15 is 0 Å². The van der Waals surface area contributed by atoms with Gasteiger partial charge in [0, 0.05) is 36.1 Å². The molecule has 0 aromatic carbocycles. The first kappa shape index (κ1) is 18.7. The van der Waals surface area contributed by atoms with E-state index < -0.39 is 0 Å². The fraction of sp³-hybridized carbons (Fsp3) is 0.611. The van der Waals surface area contributed by atoms with Crippen LogP contribution in [0.15, 0.2) is 23.6 Å². The highest BCUT2D eigenvalue weighted by Gasteiger charge is 2.25. The van der Waals surface area contributed by atoms with Gasteiger partial charge in [-0.25, -0.2) is 4.98 Å².